The molecule has 15 heavy (non-hydrogen) atoms. The van der Waals surface area contributed by atoms with Gasteiger partial charge in [0.15, 0.2) is 0 Å². The smallest absolute Gasteiger partial charge is 0.305 e. The van der Waals surface area contributed by atoms with Gasteiger partial charge in [0, 0.05) is 17.1 Å². The van der Waals surface area contributed by atoms with E-state index in [9.17, 15) is 13.6 Å². The lowest BCUT2D eigenvalue weighted by Gasteiger charge is -2.13. The van der Waals surface area contributed by atoms with E-state index >= 15 is 0 Å². The minimum absolute atomic E-state index is 0.0995. The summed E-state index contributed by atoms with van der Waals surface area (Å²) < 4.78 is 26.4. The van der Waals surface area contributed by atoms with Crippen molar-refractivity contribution in [2.24, 2.45) is 0 Å². The molecule has 3 nitrogen and oxygen atoms in total. The molecule has 0 bridgehead atoms. The number of alkyl halides is 2. The first-order valence-electron chi connectivity index (χ1n) is 4.26. The van der Waals surface area contributed by atoms with Gasteiger partial charge >= 0.3 is 5.92 Å². The SMILES string of the molecule is CCC(F)(F)C(=O)Nc1cc(Br)ccn1. The molecule has 1 N–H and O–H groups in total. The highest BCUT2D eigenvalue weighted by atomic mass is 79.9. The van der Waals surface area contributed by atoms with Gasteiger partial charge in [-0.05, 0) is 12.1 Å². The van der Waals surface area contributed by atoms with Crippen molar-refractivity contribution in [3.05, 3.63) is 22.8 Å². The van der Waals surface area contributed by atoms with E-state index in [1.165, 1.54) is 19.2 Å². The predicted octanol–water partition coefficient (Wildman–Crippen LogP) is 2.83. The Morgan fingerprint density at radius 3 is 2.87 bits per heavy atom. The van der Waals surface area contributed by atoms with E-state index < -0.39 is 18.3 Å². The average molecular weight is 279 g/mol. The summed E-state index contributed by atoms with van der Waals surface area (Å²) in [5.41, 5.74) is 0. The van der Waals surface area contributed by atoms with Crippen LogP contribution in [0.15, 0.2) is 22.8 Å². The molecule has 0 saturated carbocycles. The van der Waals surface area contributed by atoms with Crippen LogP contribution in [0.25, 0.3) is 0 Å². The third-order valence-corrected chi connectivity index (χ3v) is 2.23. The number of halogens is 3. The van der Waals surface area contributed by atoms with Crippen LogP contribution in [-0.2, 0) is 4.79 Å². The van der Waals surface area contributed by atoms with E-state index in [4.69, 9.17) is 0 Å². The number of carbonyl (C=O) groups is 1. The molecule has 6 heteroatoms. The quantitative estimate of drug-likeness (QED) is 0.924. The molecule has 0 atom stereocenters. The van der Waals surface area contributed by atoms with E-state index in [-0.39, 0.29) is 5.82 Å². The summed E-state index contributed by atoms with van der Waals surface area (Å²) in [5.74, 6) is -4.60. The third-order valence-electron chi connectivity index (χ3n) is 1.74. The number of hydrogen-bond acceptors (Lipinski definition) is 2. The molecule has 0 aliphatic heterocycles. The van der Waals surface area contributed by atoms with E-state index in [1.54, 1.807) is 6.07 Å². The van der Waals surface area contributed by atoms with Crippen molar-refractivity contribution in [1.29, 1.82) is 0 Å². The van der Waals surface area contributed by atoms with E-state index in [2.05, 4.69) is 20.9 Å². The molecule has 0 aliphatic carbocycles. The van der Waals surface area contributed by atoms with Crippen LogP contribution >= 0.6 is 15.9 Å². The second-order valence-electron chi connectivity index (χ2n) is 2.87. The summed E-state index contributed by atoms with van der Waals surface area (Å²) in [6, 6.07) is 3.08. The van der Waals surface area contributed by atoms with Crippen LogP contribution < -0.4 is 5.32 Å². The minimum Gasteiger partial charge on any atom is -0.305 e. The molecular weight excluding hydrogens is 270 g/mol. The fraction of sp³-hybridized carbons (Fsp3) is 0.333. The highest BCUT2D eigenvalue weighted by Gasteiger charge is 2.36. The Labute approximate surface area is 94.0 Å². The van der Waals surface area contributed by atoms with Gasteiger partial charge in [0.05, 0.1) is 0 Å². The molecule has 0 aromatic carbocycles. The monoisotopic (exact) mass is 278 g/mol. The van der Waals surface area contributed by atoms with Gasteiger partial charge in [-0.1, -0.05) is 22.9 Å². The maximum Gasteiger partial charge on any atom is 0.324 e. The van der Waals surface area contributed by atoms with E-state index in [0.717, 1.165) is 0 Å². The predicted molar refractivity (Wildman–Crippen MR) is 55.8 cm³/mol. The summed E-state index contributed by atoms with van der Waals surface area (Å²) in [5, 5.41) is 2.04. The lowest BCUT2D eigenvalue weighted by atomic mass is 10.2. The molecule has 0 saturated heterocycles. The molecule has 0 spiro atoms. The van der Waals surface area contributed by atoms with Gasteiger partial charge in [-0.3, -0.25) is 4.79 Å². The standard InChI is InChI=1S/C9H9BrF2N2O/c1-2-9(11,12)8(15)14-7-5-6(10)3-4-13-7/h3-5H,2H2,1H3,(H,13,14,15). The molecule has 0 unspecified atom stereocenters. The summed E-state index contributed by atoms with van der Waals surface area (Å²) >= 11 is 3.14. The maximum atomic E-state index is 12.9. The lowest BCUT2D eigenvalue weighted by Crippen LogP contribution is -2.34. The van der Waals surface area contributed by atoms with Crippen molar-refractivity contribution in [2.45, 2.75) is 19.3 Å². The fourth-order valence-corrected chi connectivity index (χ4v) is 1.18. The van der Waals surface area contributed by atoms with Crippen LogP contribution in [0.2, 0.25) is 0 Å². The zero-order valence-electron chi connectivity index (χ0n) is 7.93. The van der Waals surface area contributed by atoms with Crippen molar-refractivity contribution >= 4 is 27.7 Å². The van der Waals surface area contributed by atoms with Gasteiger partial charge in [0.2, 0.25) is 0 Å². The summed E-state index contributed by atoms with van der Waals surface area (Å²) in [7, 11) is 0. The van der Waals surface area contributed by atoms with E-state index in [1.807, 2.05) is 5.32 Å². The Kier molecular flexibility index (Phi) is 3.73. The Balaban J connectivity index is 2.75. The van der Waals surface area contributed by atoms with Crippen LogP contribution in [0.4, 0.5) is 14.6 Å². The summed E-state index contributed by atoms with van der Waals surface area (Å²) in [4.78, 5) is 14.8. The number of amides is 1. The van der Waals surface area contributed by atoms with Gasteiger partial charge in [-0.25, -0.2) is 4.98 Å². The van der Waals surface area contributed by atoms with E-state index in [0.29, 0.717) is 4.47 Å². The van der Waals surface area contributed by atoms with Crippen molar-refractivity contribution in [3.8, 4) is 0 Å². The molecule has 0 aliphatic rings. The molecule has 1 aromatic heterocycles. The number of nitrogens with one attached hydrogen (secondary N) is 1. The molecular formula is C9H9BrF2N2O. The Hall–Kier alpha value is -1.04. The summed E-state index contributed by atoms with van der Waals surface area (Å²) in [6.07, 6.45) is 0.872. The molecule has 1 aromatic rings. The number of nitrogens with zero attached hydrogens (tertiary/aromatic N) is 1. The average Bonchev–Trinajstić information content (AvgIpc) is 2.17. The number of hydrogen-bond donors (Lipinski definition) is 1. The Bertz CT molecular complexity index is 371. The van der Waals surface area contributed by atoms with Crippen molar-refractivity contribution in [2.75, 3.05) is 5.32 Å². The first-order chi connectivity index (χ1) is 6.95. The molecule has 1 rings (SSSR count). The number of carbonyl (C=O) groups excluding carboxylic acids is 1. The largest absolute Gasteiger partial charge is 0.324 e. The van der Waals surface area contributed by atoms with Crippen molar-refractivity contribution in [3.63, 3.8) is 0 Å². The number of aromatic nitrogens is 1. The number of anilines is 1. The van der Waals surface area contributed by atoms with Gasteiger partial charge in [-0.15, -0.1) is 0 Å². The van der Waals surface area contributed by atoms with Crippen molar-refractivity contribution < 1.29 is 13.6 Å². The second-order valence-corrected chi connectivity index (χ2v) is 3.79. The number of pyridine rings is 1. The lowest BCUT2D eigenvalue weighted by molar-refractivity contribution is -0.139. The molecule has 1 heterocycles. The number of rotatable bonds is 3. The zero-order valence-corrected chi connectivity index (χ0v) is 9.51. The topological polar surface area (TPSA) is 42.0 Å². The maximum absolute atomic E-state index is 12.9. The van der Waals surface area contributed by atoms with Crippen molar-refractivity contribution in [1.82, 2.24) is 4.98 Å². The van der Waals surface area contributed by atoms with Crippen LogP contribution in [0.3, 0.4) is 0 Å². The Morgan fingerprint density at radius 1 is 1.67 bits per heavy atom. The molecule has 0 radical (unpaired) electrons. The molecule has 0 fully saturated rings. The Morgan fingerprint density at radius 2 is 2.33 bits per heavy atom. The van der Waals surface area contributed by atoms with Crippen LogP contribution in [0.5, 0.6) is 0 Å². The van der Waals surface area contributed by atoms with Gasteiger partial charge < -0.3 is 5.32 Å². The van der Waals surface area contributed by atoms with Gasteiger partial charge in [0.1, 0.15) is 5.82 Å². The van der Waals surface area contributed by atoms with Crippen LogP contribution in [0, 0.1) is 0 Å². The first kappa shape index (κ1) is 12.0. The normalized spacial score (nSPS) is 11.2. The summed E-state index contributed by atoms with van der Waals surface area (Å²) in [6.45, 7) is 1.24. The van der Waals surface area contributed by atoms with Crippen LogP contribution in [-0.4, -0.2) is 16.8 Å². The zero-order chi connectivity index (χ0) is 11.5. The van der Waals surface area contributed by atoms with Gasteiger partial charge in [-0.2, -0.15) is 8.78 Å². The molecule has 1 amide bonds. The minimum atomic E-state index is -3.36. The highest BCUT2D eigenvalue weighted by molar-refractivity contribution is 9.10. The van der Waals surface area contributed by atoms with Gasteiger partial charge in [0.25, 0.3) is 5.91 Å². The second kappa shape index (κ2) is 4.65. The highest BCUT2D eigenvalue weighted by Crippen LogP contribution is 2.20. The van der Waals surface area contributed by atoms with Crippen LogP contribution in [0.1, 0.15) is 13.3 Å². The fourth-order valence-electron chi connectivity index (χ4n) is 0.841. The molecule has 82 valence electrons. The third kappa shape index (κ3) is 3.23. The first-order valence-corrected chi connectivity index (χ1v) is 5.06.